The topological polar surface area (TPSA) is 42.1 Å². The van der Waals surface area contributed by atoms with Gasteiger partial charge in [0.25, 0.3) is 0 Å². The molecular formula is C14H16FN3. The van der Waals surface area contributed by atoms with Crippen molar-refractivity contribution >= 4 is 5.82 Å². The predicted molar refractivity (Wildman–Crippen MR) is 70.6 cm³/mol. The van der Waals surface area contributed by atoms with Crippen molar-refractivity contribution in [2.75, 3.05) is 11.9 Å². The summed E-state index contributed by atoms with van der Waals surface area (Å²) in [6, 6.07) is 10.6. The summed E-state index contributed by atoms with van der Waals surface area (Å²) < 4.78 is 13.5. The summed E-state index contributed by atoms with van der Waals surface area (Å²) in [5.74, 6) is 0.610. The van der Waals surface area contributed by atoms with Gasteiger partial charge in [0.2, 0.25) is 0 Å². The molecule has 1 aromatic carbocycles. The van der Waals surface area contributed by atoms with Crippen LogP contribution in [0.25, 0.3) is 0 Å². The molecule has 94 valence electrons. The average molecular weight is 245 g/mol. The Morgan fingerprint density at radius 2 is 2.00 bits per heavy atom. The first kappa shape index (κ1) is 12.5. The Labute approximate surface area is 106 Å². The van der Waals surface area contributed by atoms with Crippen molar-refractivity contribution in [3.63, 3.8) is 0 Å². The third kappa shape index (κ3) is 2.84. The minimum Gasteiger partial charge on any atom is -0.355 e. The van der Waals surface area contributed by atoms with Gasteiger partial charge in [0.15, 0.2) is 0 Å². The Morgan fingerprint density at radius 1 is 1.22 bits per heavy atom. The maximum atomic E-state index is 13.5. The first-order valence-electron chi connectivity index (χ1n) is 5.80. The van der Waals surface area contributed by atoms with Gasteiger partial charge in [-0.25, -0.2) is 9.37 Å². The minimum atomic E-state index is -0.192. The molecule has 0 saturated heterocycles. The Morgan fingerprint density at radius 3 is 2.61 bits per heavy atom. The molecule has 0 aliphatic carbocycles. The molecule has 4 heteroatoms. The molecule has 0 aliphatic heterocycles. The summed E-state index contributed by atoms with van der Waals surface area (Å²) in [5, 5.41) is 0. The standard InChI is InChI=1S/C14H16FN3/c1-18(10-12-4-2-3-5-13(12)15)14-7-6-11(8-16)9-17-14/h2-7,9H,8,10,16H2,1H3. The van der Waals surface area contributed by atoms with Crippen LogP contribution in [-0.4, -0.2) is 12.0 Å². The van der Waals surface area contributed by atoms with E-state index < -0.39 is 0 Å². The number of anilines is 1. The van der Waals surface area contributed by atoms with E-state index in [9.17, 15) is 4.39 Å². The molecule has 3 nitrogen and oxygen atoms in total. The number of pyridine rings is 1. The molecule has 2 rings (SSSR count). The number of aromatic nitrogens is 1. The molecule has 0 radical (unpaired) electrons. The Hall–Kier alpha value is -1.94. The number of nitrogens with zero attached hydrogens (tertiary/aromatic N) is 2. The number of hydrogen-bond acceptors (Lipinski definition) is 3. The highest BCUT2D eigenvalue weighted by atomic mass is 19.1. The lowest BCUT2D eigenvalue weighted by atomic mass is 10.2. The van der Waals surface area contributed by atoms with Gasteiger partial charge < -0.3 is 10.6 Å². The van der Waals surface area contributed by atoms with Crippen LogP contribution in [0.5, 0.6) is 0 Å². The van der Waals surface area contributed by atoms with Gasteiger partial charge in [-0.1, -0.05) is 24.3 Å². The monoisotopic (exact) mass is 245 g/mol. The first-order valence-corrected chi connectivity index (χ1v) is 5.80. The van der Waals surface area contributed by atoms with E-state index in [0.29, 0.717) is 18.7 Å². The van der Waals surface area contributed by atoms with E-state index in [2.05, 4.69) is 4.98 Å². The van der Waals surface area contributed by atoms with Crippen LogP contribution in [0.3, 0.4) is 0 Å². The maximum absolute atomic E-state index is 13.5. The van der Waals surface area contributed by atoms with Gasteiger partial charge in [-0.05, 0) is 17.7 Å². The molecular weight excluding hydrogens is 229 g/mol. The van der Waals surface area contributed by atoms with Crippen molar-refractivity contribution in [1.82, 2.24) is 4.98 Å². The fourth-order valence-corrected chi connectivity index (χ4v) is 1.73. The Bertz CT molecular complexity index is 511. The zero-order valence-electron chi connectivity index (χ0n) is 10.3. The van der Waals surface area contributed by atoms with Gasteiger partial charge in [-0.3, -0.25) is 0 Å². The third-order valence-electron chi connectivity index (χ3n) is 2.80. The van der Waals surface area contributed by atoms with Crippen LogP contribution in [-0.2, 0) is 13.1 Å². The van der Waals surface area contributed by atoms with E-state index in [0.717, 1.165) is 11.4 Å². The van der Waals surface area contributed by atoms with E-state index >= 15 is 0 Å². The molecule has 18 heavy (non-hydrogen) atoms. The summed E-state index contributed by atoms with van der Waals surface area (Å²) >= 11 is 0. The molecule has 1 aromatic heterocycles. The smallest absolute Gasteiger partial charge is 0.128 e. The minimum absolute atomic E-state index is 0.192. The van der Waals surface area contributed by atoms with Crippen molar-refractivity contribution in [3.05, 3.63) is 59.5 Å². The number of nitrogens with two attached hydrogens (primary N) is 1. The van der Waals surface area contributed by atoms with Gasteiger partial charge >= 0.3 is 0 Å². The Kier molecular flexibility index (Phi) is 3.89. The van der Waals surface area contributed by atoms with Crippen LogP contribution in [0, 0.1) is 5.82 Å². The van der Waals surface area contributed by atoms with Crippen molar-refractivity contribution in [2.24, 2.45) is 5.73 Å². The highest BCUT2D eigenvalue weighted by Crippen LogP contribution is 2.15. The lowest BCUT2D eigenvalue weighted by molar-refractivity contribution is 0.607. The largest absolute Gasteiger partial charge is 0.355 e. The fraction of sp³-hybridized carbons (Fsp3) is 0.214. The molecule has 0 fully saturated rings. The Balaban J connectivity index is 2.11. The summed E-state index contributed by atoms with van der Waals surface area (Å²) in [4.78, 5) is 6.20. The van der Waals surface area contributed by atoms with Crippen molar-refractivity contribution < 1.29 is 4.39 Å². The van der Waals surface area contributed by atoms with E-state index in [1.807, 2.05) is 30.1 Å². The zero-order chi connectivity index (χ0) is 13.0. The van der Waals surface area contributed by atoms with E-state index in [1.54, 1.807) is 18.3 Å². The average Bonchev–Trinajstić information content (AvgIpc) is 2.41. The molecule has 0 spiro atoms. The van der Waals surface area contributed by atoms with Crippen LogP contribution in [0.2, 0.25) is 0 Å². The molecule has 0 aliphatic rings. The summed E-state index contributed by atoms with van der Waals surface area (Å²) in [5.41, 5.74) is 7.16. The molecule has 0 saturated carbocycles. The summed E-state index contributed by atoms with van der Waals surface area (Å²) in [6.07, 6.45) is 1.74. The van der Waals surface area contributed by atoms with Gasteiger partial charge in [0.05, 0.1) is 0 Å². The van der Waals surface area contributed by atoms with Gasteiger partial charge in [0, 0.05) is 31.9 Å². The SMILES string of the molecule is CN(Cc1ccccc1F)c1ccc(CN)cn1. The number of halogens is 1. The van der Waals surface area contributed by atoms with Crippen molar-refractivity contribution in [3.8, 4) is 0 Å². The van der Waals surface area contributed by atoms with Crippen LogP contribution >= 0.6 is 0 Å². The van der Waals surface area contributed by atoms with E-state index in [1.165, 1.54) is 6.07 Å². The number of benzene rings is 1. The van der Waals surface area contributed by atoms with Gasteiger partial charge in [-0.15, -0.1) is 0 Å². The second-order valence-corrected chi connectivity index (χ2v) is 4.18. The lowest BCUT2D eigenvalue weighted by Gasteiger charge is -2.18. The van der Waals surface area contributed by atoms with Crippen LogP contribution in [0.4, 0.5) is 10.2 Å². The summed E-state index contributed by atoms with van der Waals surface area (Å²) in [6.45, 7) is 0.964. The van der Waals surface area contributed by atoms with Gasteiger partial charge in [0.1, 0.15) is 11.6 Å². The first-order chi connectivity index (χ1) is 8.70. The molecule has 0 atom stereocenters. The second kappa shape index (κ2) is 5.60. The van der Waals surface area contributed by atoms with Crippen molar-refractivity contribution in [1.29, 1.82) is 0 Å². The highest BCUT2D eigenvalue weighted by molar-refractivity contribution is 5.39. The molecule has 1 heterocycles. The lowest BCUT2D eigenvalue weighted by Crippen LogP contribution is -2.18. The zero-order valence-corrected chi connectivity index (χ0v) is 10.3. The number of hydrogen-bond donors (Lipinski definition) is 1. The highest BCUT2D eigenvalue weighted by Gasteiger charge is 2.06. The van der Waals surface area contributed by atoms with Crippen LogP contribution in [0.15, 0.2) is 42.6 Å². The molecule has 2 N–H and O–H groups in total. The predicted octanol–water partition coefficient (Wildman–Crippen LogP) is 2.32. The molecule has 0 unspecified atom stereocenters. The quantitative estimate of drug-likeness (QED) is 0.898. The maximum Gasteiger partial charge on any atom is 0.128 e. The number of rotatable bonds is 4. The van der Waals surface area contributed by atoms with Crippen LogP contribution < -0.4 is 10.6 Å². The summed E-state index contributed by atoms with van der Waals surface area (Å²) in [7, 11) is 1.89. The van der Waals surface area contributed by atoms with Crippen molar-refractivity contribution in [2.45, 2.75) is 13.1 Å². The third-order valence-corrected chi connectivity index (χ3v) is 2.80. The molecule has 0 amide bonds. The van der Waals surface area contributed by atoms with E-state index in [-0.39, 0.29) is 5.82 Å². The second-order valence-electron chi connectivity index (χ2n) is 4.18. The molecule has 2 aromatic rings. The van der Waals surface area contributed by atoms with Crippen LogP contribution in [0.1, 0.15) is 11.1 Å². The van der Waals surface area contributed by atoms with Gasteiger partial charge in [-0.2, -0.15) is 0 Å². The normalized spacial score (nSPS) is 10.4. The fourth-order valence-electron chi connectivity index (χ4n) is 1.73. The van der Waals surface area contributed by atoms with E-state index in [4.69, 9.17) is 5.73 Å². The molecule has 0 bridgehead atoms.